The summed E-state index contributed by atoms with van der Waals surface area (Å²) in [6.07, 6.45) is 1.75. The van der Waals surface area contributed by atoms with Crippen LogP contribution in [0.25, 0.3) is 0 Å². The average Bonchev–Trinajstić information content (AvgIpc) is 2.81. The van der Waals surface area contributed by atoms with Crippen molar-refractivity contribution in [3.8, 4) is 0 Å². The number of aryl methyl sites for hydroxylation is 1. The number of aldehydes is 1. The second-order valence-corrected chi connectivity index (χ2v) is 9.65. The van der Waals surface area contributed by atoms with E-state index in [4.69, 9.17) is 5.73 Å². The molecule has 0 saturated carbocycles. The Morgan fingerprint density at radius 1 is 1.15 bits per heavy atom. The highest BCUT2D eigenvalue weighted by atomic mass is 32.2. The number of nitrogens with zero attached hydrogens (tertiary/aromatic N) is 1. The zero-order valence-corrected chi connectivity index (χ0v) is 19.2. The fraction of sp³-hybridized carbons (Fsp3) is 0.348. The van der Waals surface area contributed by atoms with E-state index in [9.17, 15) is 22.8 Å². The number of hydrogen-bond acceptors (Lipinski definition) is 6. The highest BCUT2D eigenvalue weighted by Crippen LogP contribution is 2.26. The number of nitrogens with one attached hydrogen (secondary N) is 2. The van der Waals surface area contributed by atoms with Crippen molar-refractivity contribution in [2.45, 2.75) is 43.2 Å². The van der Waals surface area contributed by atoms with Gasteiger partial charge in [0, 0.05) is 45.1 Å². The summed E-state index contributed by atoms with van der Waals surface area (Å²) in [6.45, 7) is 0.347. The lowest BCUT2D eigenvalue weighted by Crippen LogP contribution is -2.52. The summed E-state index contributed by atoms with van der Waals surface area (Å²) in [6, 6.07) is 11.2. The van der Waals surface area contributed by atoms with Crippen molar-refractivity contribution < 1.29 is 22.8 Å². The summed E-state index contributed by atoms with van der Waals surface area (Å²) in [5.41, 5.74) is 9.23. The number of carbonyl (C=O) groups excluding carboxylic acids is 3. The normalized spacial score (nSPS) is 15.5. The van der Waals surface area contributed by atoms with Crippen LogP contribution in [0.1, 0.15) is 29.5 Å². The monoisotopic (exact) mass is 472 g/mol. The zero-order valence-electron chi connectivity index (χ0n) is 18.4. The van der Waals surface area contributed by atoms with E-state index in [1.807, 2.05) is 12.1 Å². The second kappa shape index (κ2) is 10.6. The molecule has 0 saturated heterocycles. The first-order valence-corrected chi connectivity index (χ1v) is 12.1. The van der Waals surface area contributed by atoms with Gasteiger partial charge in [-0.15, -0.1) is 0 Å². The van der Waals surface area contributed by atoms with E-state index in [2.05, 4.69) is 10.0 Å². The number of fused-ring (bicyclic) bond motifs is 1. The lowest BCUT2D eigenvalue weighted by molar-refractivity contribution is -0.141. The molecule has 1 atom stereocenters. The Bertz CT molecular complexity index is 1130. The molecule has 0 spiro atoms. The molecule has 1 heterocycles. The van der Waals surface area contributed by atoms with Crippen LogP contribution in [0.3, 0.4) is 0 Å². The third kappa shape index (κ3) is 5.96. The Morgan fingerprint density at radius 3 is 2.55 bits per heavy atom. The molecule has 0 aliphatic carbocycles. The summed E-state index contributed by atoms with van der Waals surface area (Å²) in [5.74, 6) is -0.383. The highest BCUT2D eigenvalue weighted by Gasteiger charge is 2.33. The Balaban J connectivity index is 1.67. The van der Waals surface area contributed by atoms with Crippen molar-refractivity contribution in [3.05, 3.63) is 59.2 Å². The first-order valence-electron chi connectivity index (χ1n) is 10.7. The topological polar surface area (TPSA) is 139 Å². The molecule has 9 nitrogen and oxygen atoms in total. The molecule has 2 aromatic rings. The number of likely N-dealkylation sites (N-methyl/N-ethyl adjacent to an activating group) is 1. The molecular weight excluding hydrogens is 444 g/mol. The Kier molecular flexibility index (Phi) is 7.83. The zero-order chi connectivity index (χ0) is 24.0. The van der Waals surface area contributed by atoms with Gasteiger partial charge in [-0.05, 0) is 47.4 Å². The van der Waals surface area contributed by atoms with Crippen molar-refractivity contribution in [3.63, 3.8) is 0 Å². The number of nitrogen functional groups attached to an aromatic ring is 1. The SMILES string of the molecule is CNC(=O)C1Cc2ccc(N)cc2CN1C(=O)CCc1ccc(S(=O)(=O)NCCC=O)cc1. The van der Waals surface area contributed by atoms with E-state index in [1.54, 1.807) is 30.1 Å². The van der Waals surface area contributed by atoms with E-state index >= 15 is 0 Å². The molecule has 2 aromatic carbocycles. The van der Waals surface area contributed by atoms with Crippen molar-refractivity contribution in [2.75, 3.05) is 19.3 Å². The predicted octanol–water partition coefficient (Wildman–Crippen LogP) is 0.768. The van der Waals surface area contributed by atoms with Gasteiger partial charge < -0.3 is 20.7 Å². The minimum Gasteiger partial charge on any atom is -0.399 e. The van der Waals surface area contributed by atoms with Crippen LogP contribution in [0.15, 0.2) is 47.4 Å². The molecule has 2 amide bonds. The fourth-order valence-corrected chi connectivity index (χ4v) is 4.88. The molecule has 1 aliphatic rings. The number of benzene rings is 2. The van der Waals surface area contributed by atoms with Crippen LogP contribution in [0.5, 0.6) is 0 Å². The van der Waals surface area contributed by atoms with Crippen molar-refractivity contribution in [1.82, 2.24) is 14.9 Å². The Hall–Kier alpha value is -3.24. The van der Waals surface area contributed by atoms with Crippen LogP contribution in [0.4, 0.5) is 5.69 Å². The maximum absolute atomic E-state index is 13.1. The minimum atomic E-state index is -3.69. The van der Waals surface area contributed by atoms with Crippen molar-refractivity contribution >= 4 is 33.8 Å². The van der Waals surface area contributed by atoms with E-state index in [0.29, 0.717) is 31.4 Å². The quantitative estimate of drug-likeness (QED) is 0.280. The molecule has 0 bridgehead atoms. The summed E-state index contributed by atoms with van der Waals surface area (Å²) in [5, 5.41) is 2.63. The molecule has 3 rings (SSSR count). The number of nitrogens with two attached hydrogens (primary N) is 1. The number of sulfonamides is 1. The number of carbonyl (C=O) groups is 3. The molecule has 0 radical (unpaired) electrons. The van der Waals surface area contributed by atoms with Gasteiger partial charge >= 0.3 is 0 Å². The number of rotatable bonds is 9. The van der Waals surface area contributed by atoms with Crippen LogP contribution in [-0.4, -0.2) is 51.1 Å². The van der Waals surface area contributed by atoms with Gasteiger partial charge in [0.1, 0.15) is 12.3 Å². The maximum Gasteiger partial charge on any atom is 0.242 e. The molecule has 0 aromatic heterocycles. The van der Waals surface area contributed by atoms with Crippen LogP contribution < -0.4 is 15.8 Å². The minimum absolute atomic E-state index is 0.0409. The van der Waals surface area contributed by atoms with Gasteiger partial charge in [-0.25, -0.2) is 13.1 Å². The second-order valence-electron chi connectivity index (χ2n) is 7.88. The van der Waals surface area contributed by atoms with Crippen LogP contribution >= 0.6 is 0 Å². The lowest BCUT2D eigenvalue weighted by atomic mass is 9.92. The molecule has 1 unspecified atom stereocenters. The third-order valence-corrected chi connectivity index (χ3v) is 7.12. The summed E-state index contributed by atoms with van der Waals surface area (Å²) in [7, 11) is -2.14. The number of amides is 2. The molecule has 176 valence electrons. The predicted molar refractivity (Wildman–Crippen MR) is 124 cm³/mol. The summed E-state index contributed by atoms with van der Waals surface area (Å²) < 4.78 is 26.8. The maximum atomic E-state index is 13.1. The highest BCUT2D eigenvalue weighted by molar-refractivity contribution is 7.89. The number of anilines is 1. The van der Waals surface area contributed by atoms with Gasteiger partial charge in [-0.1, -0.05) is 18.2 Å². The molecule has 1 aliphatic heterocycles. The molecule has 33 heavy (non-hydrogen) atoms. The summed E-state index contributed by atoms with van der Waals surface area (Å²) in [4.78, 5) is 37.5. The van der Waals surface area contributed by atoms with Crippen molar-refractivity contribution in [1.29, 1.82) is 0 Å². The number of hydrogen-bond donors (Lipinski definition) is 3. The van der Waals surface area contributed by atoms with Gasteiger partial charge in [0.25, 0.3) is 0 Å². The van der Waals surface area contributed by atoms with Gasteiger partial charge in [0.05, 0.1) is 4.90 Å². The first-order chi connectivity index (χ1) is 15.7. The summed E-state index contributed by atoms with van der Waals surface area (Å²) >= 11 is 0. The van der Waals surface area contributed by atoms with E-state index in [1.165, 1.54) is 12.1 Å². The van der Waals surface area contributed by atoms with Gasteiger partial charge in [-0.2, -0.15) is 0 Å². The van der Waals surface area contributed by atoms with E-state index in [0.717, 1.165) is 16.7 Å². The Morgan fingerprint density at radius 2 is 1.88 bits per heavy atom. The van der Waals surface area contributed by atoms with Gasteiger partial charge in [0.15, 0.2) is 0 Å². The molecule has 4 N–H and O–H groups in total. The standard InChI is InChI=1S/C23H28N4O5S/c1-25-23(30)21-14-17-6-7-19(24)13-18(17)15-27(21)22(29)10-5-16-3-8-20(9-4-16)33(31,32)26-11-2-12-28/h3-4,6-9,12-13,21,26H,2,5,10-11,14-15,24H2,1H3,(H,25,30). The first kappa shape index (κ1) is 24.4. The Labute approximate surface area is 193 Å². The van der Waals surface area contributed by atoms with E-state index in [-0.39, 0.29) is 36.1 Å². The van der Waals surface area contributed by atoms with Crippen molar-refractivity contribution in [2.24, 2.45) is 0 Å². The van der Waals surface area contributed by atoms with Gasteiger partial charge in [0.2, 0.25) is 21.8 Å². The smallest absolute Gasteiger partial charge is 0.242 e. The molecule has 0 fully saturated rings. The van der Waals surface area contributed by atoms with Crippen LogP contribution in [0, 0.1) is 0 Å². The fourth-order valence-electron chi connectivity index (χ4n) is 3.83. The lowest BCUT2D eigenvalue weighted by Gasteiger charge is -2.36. The van der Waals surface area contributed by atoms with Crippen LogP contribution in [-0.2, 0) is 43.8 Å². The largest absolute Gasteiger partial charge is 0.399 e. The average molecular weight is 473 g/mol. The third-order valence-electron chi connectivity index (χ3n) is 5.65. The van der Waals surface area contributed by atoms with Crippen LogP contribution in [0.2, 0.25) is 0 Å². The molecular formula is C23H28N4O5S. The van der Waals surface area contributed by atoms with E-state index < -0.39 is 16.1 Å². The molecule has 10 heteroatoms. The van der Waals surface area contributed by atoms with Gasteiger partial charge in [-0.3, -0.25) is 9.59 Å².